The zero-order valence-corrected chi connectivity index (χ0v) is 16.0. The molecular weight excluding hydrogens is 354 g/mol. The first-order valence-electron chi connectivity index (χ1n) is 8.53. The van der Waals surface area contributed by atoms with Crippen LogP contribution in [0.25, 0.3) is 5.57 Å². The van der Waals surface area contributed by atoms with Gasteiger partial charge in [0.25, 0.3) is 0 Å². The van der Waals surface area contributed by atoms with E-state index in [4.69, 9.17) is 11.6 Å². The Kier molecular flexibility index (Phi) is 4.89. The van der Waals surface area contributed by atoms with Crippen molar-refractivity contribution in [1.29, 1.82) is 0 Å². The van der Waals surface area contributed by atoms with E-state index >= 15 is 0 Å². The van der Waals surface area contributed by atoms with Crippen molar-refractivity contribution < 1.29 is 8.78 Å². The zero-order chi connectivity index (χ0) is 19.1. The van der Waals surface area contributed by atoms with Gasteiger partial charge in [0.15, 0.2) is 0 Å². The zero-order valence-electron chi connectivity index (χ0n) is 15.3. The van der Waals surface area contributed by atoms with Gasteiger partial charge in [0.05, 0.1) is 16.2 Å². The van der Waals surface area contributed by atoms with E-state index in [0.29, 0.717) is 11.3 Å². The number of nitrogens with zero attached hydrogens (tertiary/aromatic N) is 2. The molecule has 136 valence electrons. The van der Waals surface area contributed by atoms with E-state index < -0.39 is 5.82 Å². The predicted octanol–water partition coefficient (Wildman–Crippen LogP) is 6.39. The summed E-state index contributed by atoms with van der Waals surface area (Å²) in [5, 5.41) is -0.00911. The van der Waals surface area contributed by atoms with Crippen molar-refractivity contribution in [3.05, 3.63) is 64.2 Å². The molecule has 0 saturated heterocycles. The molecule has 1 aliphatic rings. The molecule has 1 aliphatic heterocycles. The van der Waals surface area contributed by atoms with Crippen LogP contribution >= 0.6 is 11.6 Å². The highest BCUT2D eigenvalue weighted by Gasteiger charge is 2.30. The molecule has 0 aliphatic carbocycles. The van der Waals surface area contributed by atoms with E-state index in [1.807, 2.05) is 13.0 Å². The Morgan fingerprint density at radius 3 is 2.54 bits per heavy atom. The second-order valence-electron chi connectivity index (χ2n) is 6.97. The number of aliphatic imine (C=N–C) groups is 1. The fraction of sp³-hybridized carbons (Fsp3) is 0.286. The van der Waals surface area contributed by atoms with Crippen molar-refractivity contribution in [2.75, 3.05) is 11.4 Å². The van der Waals surface area contributed by atoms with Gasteiger partial charge in [-0.25, -0.2) is 8.78 Å². The molecule has 0 bridgehead atoms. The third-order valence-corrected chi connectivity index (χ3v) is 4.96. The van der Waals surface area contributed by atoms with Crippen LogP contribution in [0.2, 0.25) is 5.02 Å². The molecule has 0 amide bonds. The number of halogens is 3. The maximum Gasteiger partial charge on any atom is 0.141 e. The molecule has 2 aromatic carbocycles. The molecule has 0 fully saturated rings. The first kappa shape index (κ1) is 18.6. The minimum atomic E-state index is -0.506. The van der Waals surface area contributed by atoms with E-state index in [0.717, 1.165) is 23.4 Å². The van der Waals surface area contributed by atoms with Crippen LogP contribution in [0, 0.1) is 11.6 Å². The van der Waals surface area contributed by atoms with Crippen molar-refractivity contribution in [2.45, 2.75) is 33.2 Å². The summed E-state index contributed by atoms with van der Waals surface area (Å²) in [4.78, 5) is 6.41. The van der Waals surface area contributed by atoms with E-state index in [2.05, 4.69) is 36.7 Å². The highest BCUT2D eigenvalue weighted by atomic mass is 35.5. The number of likely N-dealkylation sites (N-methyl/N-ethyl adjacent to an activating group) is 1. The van der Waals surface area contributed by atoms with Gasteiger partial charge in [0.1, 0.15) is 11.6 Å². The van der Waals surface area contributed by atoms with Gasteiger partial charge in [0.2, 0.25) is 0 Å². The maximum atomic E-state index is 14.7. The summed E-state index contributed by atoms with van der Waals surface area (Å²) in [6.07, 6.45) is 3.64. The van der Waals surface area contributed by atoms with E-state index in [1.54, 1.807) is 6.07 Å². The van der Waals surface area contributed by atoms with Crippen molar-refractivity contribution >= 4 is 34.8 Å². The lowest BCUT2D eigenvalue weighted by molar-refractivity contribution is 0.561. The second-order valence-corrected chi connectivity index (χ2v) is 7.38. The molecule has 0 N–H and O–H groups in total. The third-order valence-electron chi connectivity index (χ3n) is 4.67. The summed E-state index contributed by atoms with van der Waals surface area (Å²) in [5.74, 6) is -0.849. The molecule has 0 radical (unpaired) electrons. The Morgan fingerprint density at radius 2 is 1.88 bits per heavy atom. The number of fused-ring (bicyclic) bond motifs is 1. The Hall–Kier alpha value is -2.20. The molecule has 0 unspecified atom stereocenters. The average molecular weight is 375 g/mol. The lowest BCUT2D eigenvalue weighted by atomic mass is 9.88. The average Bonchev–Trinajstić information content (AvgIpc) is 2.56. The van der Waals surface area contributed by atoms with E-state index in [9.17, 15) is 8.78 Å². The van der Waals surface area contributed by atoms with Crippen molar-refractivity contribution in [3.8, 4) is 0 Å². The molecular formula is C21H21ClF2N2. The number of allylic oxidation sites excluding steroid dienone is 1. The summed E-state index contributed by atoms with van der Waals surface area (Å²) in [6, 6.07) is 7.53. The molecule has 5 heteroatoms. The van der Waals surface area contributed by atoms with Crippen molar-refractivity contribution in [3.63, 3.8) is 0 Å². The van der Waals surface area contributed by atoms with Gasteiger partial charge in [-0.3, -0.25) is 4.99 Å². The third kappa shape index (κ3) is 3.38. The van der Waals surface area contributed by atoms with Crippen LogP contribution < -0.4 is 4.90 Å². The Balaban J connectivity index is 2.02. The number of anilines is 1. The largest absolute Gasteiger partial charge is 0.363 e. The van der Waals surface area contributed by atoms with E-state index in [-0.39, 0.29) is 16.4 Å². The predicted molar refractivity (Wildman–Crippen MR) is 106 cm³/mol. The van der Waals surface area contributed by atoms with Crippen LogP contribution in [0.15, 0.2) is 41.4 Å². The van der Waals surface area contributed by atoms with Crippen molar-refractivity contribution in [1.82, 2.24) is 0 Å². The Bertz CT molecular complexity index is 916. The van der Waals surface area contributed by atoms with Gasteiger partial charge in [-0.15, -0.1) is 0 Å². The fourth-order valence-corrected chi connectivity index (χ4v) is 3.68. The van der Waals surface area contributed by atoms with Crippen LogP contribution in [0.3, 0.4) is 0 Å². The Morgan fingerprint density at radius 1 is 1.15 bits per heavy atom. The molecule has 2 nitrogen and oxygen atoms in total. The molecule has 0 saturated carbocycles. The second kappa shape index (κ2) is 6.84. The molecule has 0 atom stereocenters. The first-order valence-corrected chi connectivity index (χ1v) is 8.91. The van der Waals surface area contributed by atoms with Gasteiger partial charge in [0, 0.05) is 29.6 Å². The van der Waals surface area contributed by atoms with Gasteiger partial charge in [-0.1, -0.05) is 17.7 Å². The highest BCUT2D eigenvalue weighted by Crippen LogP contribution is 2.39. The normalized spacial score (nSPS) is 16.0. The fourth-order valence-electron chi connectivity index (χ4n) is 3.50. The van der Waals surface area contributed by atoms with Gasteiger partial charge in [-0.05, 0) is 63.6 Å². The number of hydrogen-bond donors (Lipinski definition) is 0. The summed E-state index contributed by atoms with van der Waals surface area (Å²) < 4.78 is 27.9. The summed E-state index contributed by atoms with van der Waals surface area (Å²) in [7, 11) is 0. The number of benzene rings is 2. The molecule has 3 rings (SSSR count). The number of rotatable bonds is 3. The standard InChI is InChI=1S/C21H21ClF2N2/c1-5-26-20-10-19(24)14(8-16(20)13(2)11-21(26,3)4)12-25-15-6-7-18(23)17(22)9-15/h6-12H,5H2,1-4H3. The van der Waals surface area contributed by atoms with Crippen LogP contribution in [0.1, 0.15) is 38.8 Å². The molecule has 2 aromatic rings. The molecule has 0 spiro atoms. The van der Waals surface area contributed by atoms with Gasteiger partial charge < -0.3 is 4.90 Å². The van der Waals surface area contributed by atoms with E-state index in [1.165, 1.54) is 24.4 Å². The monoisotopic (exact) mass is 374 g/mol. The quantitative estimate of drug-likeness (QED) is 0.568. The molecule has 1 heterocycles. The summed E-state index contributed by atoms with van der Waals surface area (Å²) >= 11 is 5.76. The summed E-state index contributed by atoms with van der Waals surface area (Å²) in [5.41, 5.74) is 3.67. The van der Waals surface area contributed by atoms with Crippen LogP contribution in [0.4, 0.5) is 20.2 Å². The van der Waals surface area contributed by atoms with Crippen LogP contribution in [0.5, 0.6) is 0 Å². The lowest BCUT2D eigenvalue weighted by Crippen LogP contribution is -2.45. The SMILES string of the molecule is CCN1c2cc(F)c(C=Nc3ccc(F)c(Cl)c3)cc2C(C)=CC1(C)C. The highest BCUT2D eigenvalue weighted by molar-refractivity contribution is 6.31. The lowest BCUT2D eigenvalue weighted by Gasteiger charge is -2.42. The topological polar surface area (TPSA) is 15.6 Å². The summed E-state index contributed by atoms with van der Waals surface area (Å²) in [6.45, 7) is 9.12. The molecule has 26 heavy (non-hydrogen) atoms. The van der Waals surface area contributed by atoms with Gasteiger partial charge >= 0.3 is 0 Å². The number of hydrogen-bond acceptors (Lipinski definition) is 2. The minimum Gasteiger partial charge on any atom is -0.363 e. The Labute approximate surface area is 157 Å². The van der Waals surface area contributed by atoms with Crippen LogP contribution in [-0.4, -0.2) is 18.3 Å². The minimum absolute atomic E-state index is 0.00911. The van der Waals surface area contributed by atoms with Crippen molar-refractivity contribution in [2.24, 2.45) is 4.99 Å². The van der Waals surface area contributed by atoms with Gasteiger partial charge in [-0.2, -0.15) is 0 Å². The molecule has 0 aromatic heterocycles. The van der Waals surface area contributed by atoms with Crippen LogP contribution in [-0.2, 0) is 0 Å². The smallest absolute Gasteiger partial charge is 0.141 e. The maximum absolute atomic E-state index is 14.7. The first-order chi connectivity index (χ1) is 12.2.